The van der Waals surface area contributed by atoms with E-state index in [1.807, 2.05) is 0 Å². The third-order valence-corrected chi connectivity index (χ3v) is 1.01. The number of nitrogens with zero attached hydrogens (tertiary/aromatic N) is 2. The summed E-state index contributed by atoms with van der Waals surface area (Å²) in [5, 5.41) is 9.33. The number of H-pyrrole nitrogens is 2. The van der Waals surface area contributed by atoms with Gasteiger partial charge >= 0.3 is 0 Å². The van der Waals surface area contributed by atoms with Crippen molar-refractivity contribution < 1.29 is 0 Å². The maximum Gasteiger partial charge on any atom is 0.247 e. The van der Waals surface area contributed by atoms with Gasteiger partial charge in [-0.25, -0.2) is 0 Å². The second-order valence-corrected chi connectivity index (χ2v) is 1.88. The number of hydrogen-bond donors (Lipinski definition) is 2. The Morgan fingerprint density at radius 2 is 1.92 bits per heavy atom. The SMILES string of the molecule is O=c1cccc[nH]1.c1cn[nH]n1. The third-order valence-electron chi connectivity index (χ3n) is 1.01. The van der Waals surface area contributed by atoms with Gasteiger partial charge in [0.25, 0.3) is 0 Å². The monoisotopic (exact) mass is 164 g/mol. The van der Waals surface area contributed by atoms with Gasteiger partial charge in [0.2, 0.25) is 5.56 Å². The number of hydrogen-bond acceptors (Lipinski definition) is 3. The zero-order chi connectivity index (χ0) is 8.65. The molecular weight excluding hydrogens is 156 g/mol. The predicted molar refractivity (Wildman–Crippen MR) is 43.4 cm³/mol. The fraction of sp³-hybridized carbons (Fsp3) is 0. The van der Waals surface area contributed by atoms with Gasteiger partial charge in [-0.05, 0) is 6.07 Å². The summed E-state index contributed by atoms with van der Waals surface area (Å²) < 4.78 is 0. The maximum atomic E-state index is 10.2. The van der Waals surface area contributed by atoms with Gasteiger partial charge in [-0.2, -0.15) is 15.4 Å². The van der Waals surface area contributed by atoms with E-state index in [-0.39, 0.29) is 5.56 Å². The Morgan fingerprint density at radius 1 is 1.17 bits per heavy atom. The van der Waals surface area contributed by atoms with Crippen LogP contribution in [0.2, 0.25) is 0 Å². The molecule has 5 heteroatoms. The second-order valence-electron chi connectivity index (χ2n) is 1.88. The fourth-order valence-electron chi connectivity index (χ4n) is 0.544. The summed E-state index contributed by atoms with van der Waals surface area (Å²) in [5.74, 6) is 0. The molecule has 0 saturated heterocycles. The first-order valence-electron chi connectivity index (χ1n) is 3.33. The van der Waals surface area contributed by atoms with Crippen LogP contribution in [0.5, 0.6) is 0 Å². The molecule has 0 radical (unpaired) electrons. The van der Waals surface area contributed by atoms with Gasteiger partial charge in [0.05, 0.1) is 12.4 Å². The average Bonchev–Trinajstić information content (AvgIpc) is 2.62. The Bertz CT molecular complexity index is 306. The highest BCUT2D eigenvalue weighted by Gasteiger charge is 1.69. The molecule has 2 heterocycles. The van der Waals surface area contributed by atoms with Gasteiger partial charge in [0, 0.05) is 12.3 Å². The normalized spacial score (nSPS) is 8.33. The molecule has 0 aromatic carbocycles. The number of aromatic amines is 2. The summed E-state index contributed by atoms with van der Waals surface area (Å²) in [6, 6.07) is 4.93. The minimum Gasteiger partial charge on any atom is -0.329 e. The molecule has 2 N–H and O–H groups in total. The Balaban J connectivity index is 0.000000127. The molecule has 62 valence electrons. The first-order valence-corrected chi connectivity index (χ1v) is 3.33. The quantitative estimate of drug-likeness (QED) is 0.583. The van der Waals surface area contributed by atoms with E-state index >= 15 is 0 Å². The number of aromatic nitrogens is 4. The van der Waals surface area contributed by atoms with Gasteiger partial charge in [-0.1, -0.05) is 6.07 Å². The zero-order valence-corrected chi connectivity index (χ0v) is 6.27. The van der Waals surface area contributed by atoms with Crippen molar-refractivity contribution in [3.63, 3.8) is 0 Å². The summed E-state index contributed by atoms with van der Waals surface area (Å²) in [5.41, 5.74) is -0.0532. The van der Waals surface area contributed by atoms with Gasteiger partial charge in [-0.3, -0.25) is 4.79 Å². The van der Waals surface area contributed by atoms with Crippen LogP contribution < -0.4 is 5.56 Å². The molecule has 5 nitrogen and oxygen atoms in total. The second kappa shape index (κ2) is 4.84. The lowest BCUT2D eigenvalue weighted by atomic mass is 10.5. The largest absolute Gasteiger partial charge is 0.329 e. The minimum atomic E-state index is -0.0532. The van der Waals surface area contributed by atoms with Gasteiger partial charge in [-0.15, -0.1) is 0 Å². The molecule has 0 aliphatic heterocycles. The summed E-state index contributed by atoms with van der Waals surface area (Å²) in [7, 11) is 0. The molecule has 0 bridgehead atoms. The minimum absolute atomic E-state index is 0.0532. The topological polar surface area (TPSA) is 74.4 Å². The molecule has 2 aromatic rings. The lowest BCUT2D eigenvalue weighted by Crippen LogP contribution is -1.98. The molecule has 0 atom stereocenters. The van der Waals surface area contributed by atoms with Crippen molar-refractivity contribution in [1.82, 2.24) is 20.4 Å². The Kier molecular flexibility index (Phi) is 3.30. The van der Waals surface area contributed by atoms with E-state index in [1.54, 1.807) is 30.7 Å². The van der Waals surface area contributed by atoms with E-state index in [9.17, 15) is 4.79 Å². The first kappa shape index (κ1) is 8.19. The van der Waals surface area contributed by atoms with E-state index < -0.39 is 0 Å². The number of nitrogens with one attached hydrogen (secondary N) is 2. The molecule has 12 heavy (non-hydrogen) atoms. The lowest BCUT2D eigenvalue weighted by Gasteiger charge is -1.73. The molecule has 0 fully saturated rings. The molecule has 0 amide bonds. The molecular formula is C7H8N4O. The van der Waals surface area contributed by atoms with Crippen LogP contribution in [0.3, 0.4) is 0 Å². The van der Waals surface area contributed by atoms with Crippen molar-refractivity contribution in [2.24, 2.45) is 0 Å². The van der Waals surface area contributed by atoms with Gasteiger partial charge in [0.15, 0.2) is 0 Å². The van der Waals surface area contributed by atoms with Crippen molar-refractivity contribution in [2.45, 2.75) is 0 Å². The van der Waals surface area contributed by atoms with Crippen molar-refractivity contribution >= 4 is 0 Å². The standard InChI is InChI=1S/C5H5NO.C2H3N3/c7-5-3-1-2-4-6-5;1-2-4-5-3-1/h1-4H,(H,6,7);1-2H,(H,3,4,5). The Morgan fingerprint density at radius 3 is 2.17 bits per heavy atom. The van der Waals surface area contributed by atoms with E-state index in [1.165, 1.54) is 6.07 Å². The Labute approximate surface area is 68.5 Å². The smallest absolute Gasteiger partial charge is 0.247 e. The van der Waals surface area contributed by atoms with E-state index in [2.05, 4.69) is 20.4 Å². The summed E-state index contributed by atoms with van der Waals surface area (Å²) in [6.45, 7) is 0. The number of pyridine rings is 1. The third kappa shape index (κ3) is 3.31. The van der Waals surface area contributed by atoms with Crippen molar-refractivity contribution in [1.29, 1.82) is 0 Å². The average molecular weight is 164 g/mol. The first-order chi connectivity index (χ1) is 5.89. The molecule has 0 unspecified atom stereocenters. The van der Waals surface area contributed by atoms with Crippen molar-refractivity contribution in [3.8, 4) is 0 Å². The molecule has 0 saturated carbocycles. The summed E-state index contributed by atoms with van der Waals surface area (Å²) in [6.07, 6.45) is 4.77. The van der Waals surface area contributed by atoms with Gasteiger partial charge < -0.3 is 4.98 Å². The van der Waals surface area contributed by atoms with Crippen LogP contribution in [0.15, 0.2) is 41.6 Å². The van der Waals surface area contributed by atoms with Crippen LogP contribution in [-0.4, -0.2) is 20.4 Å². The van der Waals surface area contributed by atoms with Crippen LogP contribution >= 0.6 is 0 Å². The summed E-state index contributed by atoms with van der Waals surface area (Å²) in [4.78, 5) is 12.7. The lowest BCUT2D eigenvalue weighted by molar-refractivity contribution is 0.940. The number of rotatable bonds is 0. The zero-order valence-electron chi connectivity index (χ0n) is 6.27. The van der Waals surface area contributed by atoms with Crippen molar-refractivity contribution in [2.75, 3.05) is 0 Å². The summed E-state index contributed by atoms with van der Waals surface area (Å²) >= 11 is 0. The Hall–Kier alpha value is -1.91. The highest BCUT2D eigenvalue weighted by molar-refractivity contribution is 4.89. The fourth-order valence-corrected chi connectivity index (χ4v) is 0.544. The highest BCUT2D eigenvalue weighted by atomic mass is 16.1. The van der Waals surface area contributed by atoms with Crippen LogP contribution in [0.1, 0.15) is 0 Å². The highest BCUT2D eigenvalue weighted by Crippen LogP contribution is 1.67. The van der Waals surface area contributed by atoms with Crippen LogP contribution in [0, 0.1) is 0 Å². The maximum absolute atomic E-state index is 10.2. The van der Waals surface area contributed by atoms with Crippen molar-refractivity contribution in [3.05, 3.63) is 47.1 Å². The van der Waals surface area contributed by atoms with E-state index in [0.717, 1.165) is 0 Å². The van der Waals surface area contributed by atoms with E-state index in [4.69, 9.17) is 0 Å². The van der Waals surface area contributed by atoms with Crippen LogP contribution in [0.4, 0.5) is 0 Å². The van der Waals surface area contributed by atoms with Crippen LogP contribution in [0.25, 0.3) is 0 Å². The molecule has 0 spiro atoms. The van der Waals surface area contributed by atoms with Gasteiger partial charge in [0.1, 0.15) is 0 Å². The molecule has 0 aliphatic rings. The molecule has 0 aliphatic carbocycles. The predicted octanol–water partition coefficient (Wildman–Crippen LogP) is 0.180. The molecule has 2 rings (SSSR count). The van der Waals surface area contributed by atoms with Crippen LogP contribution in [-0.2, 0) is 0 Å². The molecule has 2 aromatic heterocycles. The van der Waals surface area contributed by atoms with E-state index in [0.29, 0.717) is 0 Å².